The van der Waals surface area contributed by atoms with Gasteiger partial charge >= 0.3 is 5.97 Å². The molecule has 5 rings (SSSR count). The van der Waals surface area contributed by atoms with Gasteiger partial charge in [-0.3, -0.25) is 4.79 Å². The number of ether oxygens (including phenoxy) is 2. The van der Waals surface area contributed by atoms with E-state index in [0.717, 1.165) is 22.6 Å². The summed E-state index contributed by atoms with van der Waals surface area (Å²) in [6, 6.07) is 24.2. The van der Waals surface area contributed by atoms with Gasteiger partial charge in [-0.25, -0.2) is 14.5 Å². The number of amides is 1. The number of amidine groups is 1. The summed E-state index contributed by atoms with van der Waals surface area (Å²) in [7, 11) is 2.93. The third-order valence-electron chi connectivity index (χ3n) is 5.60. The monoisotopic (exact) mass is 510 g/mol. The Bertz CT molecular complexity index is 1530. The van der Waals surface area contributed by atoms with E-state index >= 15 is 0 Å². The topological polar surface area (TPSA) is 94.8 Å². The van der Waals surface area contributed by atoms with Crippen LogP contribution in [0.1, 0.15) is 15.9 Å². The van der Waals surface area contributed by atoms with E-state index in [1.54, 1.807) is 42.1 Å². The Labute approximate surface area is 217 Å². The molecule has 1 saturated heterocycles. The number of thioether (sulfide) groups is 1. The van der Waals surface area contributed by atoms with Crippen LogP contribution in [-0.4, -0.2) is 41.0 Å². The van der Waals surface area contributed by atoms with Gasteiger partial charge in [-0.2, -0.15) is 5.10 Å². The van der Waals surface area contributed by atoms with Gasteiger partial charge < -0.3 is 14.8 Å². The molecule has 3 aromatic carbocycles. The van der Waals surface area contributed by atoms with Crippen molar-refractivity contribution in [2.45, 2.75) is 0 Å². The molecule has 1 amide bonds. The van der Waals surface area contributed by atoms with Crippen LogP contribution in [0.5, 0.6) is 5.75 Å². The van der Waals surface area contributed by atoms with Crippen molar-refractivity contribution in [1.29, 1.82) is 0 Å². The van der Waals surface area contributed by atoms with Crippen molar-refractivity contribution in [3.05, 3.63) is 101 Å². The predicted molar refractivity (Wildman–Crippen MR) is 144 cm³/mol. The molecule has 1 aromatic heterocycles. The lowest BCUT2D eigenvalue weighted by Crippen LogP contribution is -2.19. The molecule has 0 spiro atoms. The van der Waals surface area contributed by atoms with Gasteiger partial charge in [0.2, 0.25) is 0 Å². The number of nitrogens with zero attached hydrogens (tertiary/aromatic N) is 3. The normalized spacial score (nSPS) is 15.1. The number of methoxy groups -OCH3 is 2. The van der Waals surface area contributed by atoms with Gasteiger partial charge in [0.05, 0.1) is 41.8 Å². The maximum absolute atomic E-state index is 12.8. The van der Waals surface area contributed by atoms with Crippen LogP contribution in [0.25, 0.3) is 23.0 Å². The Balaban J connectivity index is 1.52. The number of hydrogen-bond acceptors (Lipinski definition) is 7. The Morgan fingerprint density at radius 1 is 1.00 bits per heavy atom. The molecule has 0 unspecified atom stereocenters. The van der Waals surface area contributed by atoms with Crippen molar-refractivity contribution in [1.82, 2.24) is 15.1 Å². The van der Waals surface area contributed by atoms with E-state index in [9.17, 15) is 9.59 Å². The smallest absolute Gasteiger partial charge is 0.340 e. The highest BCUT2D eigenvalue weighted by Crippen LogP contribution is 2.33. The molecule has 8 nitrogen and oxygen atoms in total. The zero-order valence-corrected chi connectivity index (χ0v) is 20.9. The van der Waals surface area contributed by atoms with Crippen LogP contribution in [0.4, 0.5) is 5.69 Å². The minimum Gasteiger partial charge on any atom is -0.497 e. The highest BCUT2D eigenvalue weighted by molar-refractivity contribution is 8.18. The number of carbonyl (C=O) groups is 2. The summed E-state index contributed by atoms with van der Waals surface area (Å²) in [5.41, 5.74) is 3.99. The van der Waals surface area contributed by atoms with Gasteiger partial charge in [-0.15, -0.1) is 0 Å². The summed E-state index contributed by atoms with van der Waals surface area (Å²) < 4.78 is 11.9. The number of esters is 1. The summed E-state index contributed by atoms with van der Waals surface area (Å²) in [5.74, 6) is -0.0418. The Morgan fingerprint density at radius 3 is 2.46 bits per heavy atom. The van der Waals surface area contributed by atoms with E-state index in [-0.39, 0.29) is 5.91 Å². The van der Waals surface area contributed by atoms with Crippen molar-refractivity contribution < 1.29 is 19.1 Å². The summed E-state index contributed by atoms with van der Waals surface area (Å²) in [5, 5.41) is 7.96. The number of benzene rings is 3. The van der Waals surface area contributed by atoms with Crippen LogP contribution in [0.3, 0.4) is 0 Å². The average Bonchev–Trinajstić information content (AvgIpc) is 3.52. The van der Waals surface area contributed by atoms with Crippen molar-refractivity contribution >= 4 is 40.6 Å². The fraction of sp³-hybridized carbons (Fsp3) is 0.0714. The lowest BCUT2D eigenvalue weighted by molar-refractivity contribution is -0.115. The van der Waals surface area contributed by atoms with E-state index in [1.807, 2.05) is 60.8 Å². The maximum Gasteiger partial charge on any atom is 0.340 e. The highest BCUT2D eigenvalue weighted by Gasteiger charge is 2.26. The van der Waals surface area contributed by atoms with Crippen molar-refractivity contribution in [2.75, 3.05) is 14.2 Å². The lowest BCUT2D eigenvalue weighted by Gasteiger charge is -2.03. The molecule has 2 heterocycles. The Hall–Kier alpha value is -4.63. The molecular weight excluding hydrogens is 488 g/mol. The number of nitrogens with one attached hydrogen (secondary N) is 1. The summed E-state index contributed by atoms with van der Waals surface area (Å²) in [6.45, 7) is 0. The first-order valence-corrected chi connectivity index (χ1v) is 12.1. The third-order valence-corrected chi connectivity index (χ3v) is 6.51. The number of aliphatic imine (C=N–C) groups is 1. The van der Waals surface area contributed by atoms with Crippen LogP contribution in [0.2, 0.25) is 0 Å². The van der Waals surface area contributed by atoms with Crippen molar-refractivity contribution in [2.24, 2.45) is 4.99 Å². The molecule has 1 aliphatic rings. The minimum absolute atomic E-state index is 0.285. The zero-order chi connectivity index (χ0) is 25.8. The largest absolute Gasteiger partial charge is 0.497 e. The highest BCUT2D eigenvalue weighted by atomic mass is 32.2. The summed E-state index contributed by atoms with van der Waals surface area (Å²) in [6.07, 6.45) is 3.68. The molecule has 0 saturated carbocycles. The number of rotatable bonds is 6. The van der Waals surface area contributed by atoms with Crippen molar-refractivity contribution in [3.8, 4) is 22.7 Å². The first-order valence-electron chi connectivity index (χ1n) is 11.3. The van der Waals surface area contributed by atoms with Gasteiger partial charge in [-0.1, -0.05) is 30.3 Å². The molecular formula is C28H22N4O4S. The molecule has 37 heavy (non-hydrogen) atoms. The maximum atomic E-state index is 12.8. The third kappa shape index (κ3) is 5.17. The predicted octanol–water partition coefficient (Wildman–Crippen LogP) is 5.23. The number of hydrogen-bond donors (Lipinski definition) is 1. The molecule has 0 aliphatic carbocycles. The van der Waals surface area contributed by atoms with Crippen LogP contribution in [0, 0.1) is 0 Å². The zero-order valence-electron chi connectivity index (χ0n) is 20.0. The Kier molecular flexibility index (Phi) is 6.87. The number of aromatic nitrogens is 2. The molecule has 9 heteroatoms. The van der Waals surface area contributed by atoms with Crippen LogP contribution < -0.4 is 10.1 Å². The Morgan fingerprint density at radius 2 is 1.73 bits per heavy atom. The second-order valence-electron chi connectivity index (χ2n) is 7.93. The van der Waals surface area contributed by atoms with E-state index in [0.29, 0.717) is 27.0 Å². The van der Waals surface area contributed by atoms with Gasteiger partial charge in [0.25, 0.3) is 5.91 Å². The molecule has 0 radical (unpaired) electrons. The summed E-state index contributed by atoms with van der Waals surface area (Å²) in [4.78, 5) is 29.9. The SMILES string of the molecule is COC(=O)c1ccccc1N=C1NC(=O)/C(=C/c2cn(-c3ccccc3)nc2-c2ccc(OC)cc2)S1. The molecule has 1 fully saturated rings. The average molecular weight is 511 g/mol. The molecule has 1 aliphatic heterocycles. The van der Waals surface area contributed by atoms with Gasteiger partial charge in [0.15, 0.2) is 5.17 Å². The molecule has 184 valence electrons. The molecule has 0 bridgehead atoms. The number of para-hydroxylation sites is 2. The molecule has 4 aromatic rings. The number of carbonyl (C=O) groups excluding carboxylic acids is 2. The molecule has 0 atom stereocenters. The van der Waals surface area contributed by atoms with E-state index in [4.69, 9.17) is 14.6 Å². The quantitative estimate of drug-likeness (QED) is 0.282. The lowest BCUT2D eigenvalue weighted by atomic mass is 10.1. The van der Waals surface area contributed by atoms with Gasteiger partial charge in [0.1, 0.15) is 5.75 Å². The fourth-order valence-electron chi connectivity index (χ4n) is 3.76. The standard InChI is InChI=1S/C28H22N4O4S/c1-35-21-14-12-18(13-15-21)25-19(17-32(31-25)20-8-4-3-5-9-20)16-24-26(33)30-28(37-24)29-23-11-7-6-10-22(23)27(34)36-2/h3-17H,1-2H3,(H,29,30,33)/b24-16-. The first kappa shape index (κ1) is 24.1. The second kappa shape index (κ2) is 10.5. The van der Waals surface area contributed by atoms with Gasteiger partial charge in [-0.05, 0) is 66.4 Å². The van der Waals surface area contributed by atoms with Gasteiger partial charge in [0, 0.05) is 17.3 Å². The van der Waals surface area contributed by atoms with Crippen LogP contribution in [-0.2, 0) is 9.53 Å². The van der Waals surface area contributed by atoms with Crippen LogP contribution in [0.15, 0.2) is 95.0 Å². The molecule has 1 N–H and O–H groups in total. The van der Waals surface area contributed by atoms with Crippen molar-refractivity contribution in [3.63, 3.8) is 0 Å². The minimum atomic E-state index is -0.498. The summed E-state index contributed by atoms with van der Waals surface area (Å²) >= 11 is 1.19. The van der Waals surface area contributed by atoms with E-state index in [1.165, 1.54) is 18.9 Å². The fourth-order valence-corrected chi connectivity index (χ4v) is 4.59. The van der Waals surface area contributed by atoms with E-state index < -0.39 is 5.97 Å². The van der Waals surface area contributed by atoms with Crippen LogP contribution >= 0.6 is 11.8 Å². The first-order chi connectivity index (χ1) is 18.1. The second-order valence-corrected chi connectivity index (χ2v) is 8.96. The van der Waals surface area contributed by atoms with E-state index in [2.05, 4.69) is 10.3 Å².